The van der Waals surface area contributed by atoms with Gasteiger partial charge in [-0.1, -0.05) is 23.8 Å². The predicted molar refractivity (Wildman–Crippen MR) is 81.8 cm³/mol. The molecule has 2 rings (SSSR count). The molecule has 0 spiro atoms. The summed E-state index contributed by atoms with van der Waals surface area (Å²) in [5.41, 5.74) is 9.98. The molecule has 0 heterocycles. The van der Waals surface area contributed by atoms with Crippen LogP contribution in [-0.4, -0.2) is 25.9 Å². The summed E-state index contributed by atoms with van der Waals surface area (Å²) in [6, 6.07) is 6.38. The Morgan fingerprint density at radius 3 is 2.75 bits per heavy atom. The summed E-state index contributed by atoms with van der Waals surface area (Å²) in [5.74, 6) is 0. The Balaban J connectivity index is 1.88. The highest BCUT2D eigenvalue weighted by Crippen LogP contribution is 2.25. The lowest BCUT2D eigenvalue weighted by atomic mass is 9.94. The molecule has 1 aromatic carbocycles. The van der Waals surface area contributed by atoms with Crippen molar-refractivity contribution in [3.05, 3.63) is 34.9 Å². The molecule has 3 unspecified atom stereocenters. The number of hydrogen-bond donors (Lipinski definition) is 1. The van der Waals surface area contributed by atoms with Gasteiger partial charge in [0.1, 0.15) is 0 Å². The molecule has 1 aromatic rings. The lowest BCUT2D eigenvalue weighted by Gasteiger charge is -2.29. The lowest BCUT2D eigenvalue weighted by molar-refractivity contribution is -0.0333. The van der Waals surface area contributed by atoms with Crippen LogP contribution in [0, 0.1) is 13.8 Å². The molecule has 0 saturated heterocycles. The Kier molecular flexibility index (Phi) is 5.58. The number of benzene rings is 1. The normalized spacial score (nSPS) is 24.6. The largest absolute Gasteiger partial charge is 0.381 e. The summed E-state index contributed by atoms with van der Waals surface area (Å²) in [5, 5.41) is 0. The molecule has 0 radical (unpaired) electrons. The molecular weight excluding hydrogens is 250 g/mol. The Bertz CT molecular complexity index is 433. The number of nitrogens with two attached hydrogens (primary N) is 1. The van der Waals surface area contributed by atoms with E-state index in [4.69, 9.17) is 15.2 Å². The average Bonchev–Trinajstić information content (AvgIpc) is 2.47. The molecule has 2 N–H and O–H groups in total. The first kappa shape index (κ1) is 15.5. The van der Waals surface area contributed by atoms with Gasteiger partial charge >= 0.3 is 0 Å². The fourth-order valence-electron chi connectivity index (χ4n) is 2.96. The second-order valence-corrected chi connectivity index (χ2v) is 5.95. The molecule has 3 heteroatoms. The van der Waals surface area contributed by atoms with Gasteiger partial charge in [0.25, 0.3) is 0 Å². The second kappa shape index (κ2) is 7.21. The van der Waals surface area contributed by atoms with Crippen molar-refractivity contribution in [2.75, 3.05) is 13.7 Å². The van der Waals surface area contributed by atoms with Crippen molar-refractivity contribution in [1.29, 1.82) is 0 Å². The van der Waals surface area contributed by atoms with Gasteiger partial charge in [-0.2, -0.15) is 0 Å². The highest BCUT2D eigenvalue weighted by Gasteiger charge is 2.23. The summed E-state index contributed by atoms with van der Waals surface area (Å²) in [4.78, 5) is 0. The molecule has 20 heavy (non-hydrogen) atoms. The molecule has 0 aliphatic heterocycles. The number of aryl methyl sites for hydroxylation is 2. The topological polar surface area (TPSA) is 44.5 Å². The zero-order valence-electron chi connectivity index (χ0n) is 12.9. The van der Waals surface area contributed by atoms with Crippen LogP contribution >= 0.6 is 0 Å². The molecule has 0 aromatic heterocycles. The van der Waals surface area contributed by atoms with Crippen molar-refractivity contribution >= 4 is 0 Å². The van der Waals surface area contributed by atoms with Gasteiger partial charge in [0.05, 0.1) is 24.9 Å². The van der Waals surface area contributed by atoms with Crippen molar-refractivity contribution in [3.8, 4) is 0 Å². The minimum absolute atomic E-state index is 0.0437. The van der Waals surface area contributed by atoms with Crippen LogP contribution in [0.5, 0.6) is 0 Å². The molecule has 0 amide bonds. The van der Waals surface area contributed by atoms with Gasteiger partial charge < -0.3 is 15.2 Å². The third-order valence-electron chi connectivity index (χ3n) is 4.26. The van der Waals surface area contributed by atoms with E-state index < -0.39 is 0 Å². The molecule has 0 bridgehead atoms. The molecular formula is C17H27NO2. The summed E-state index contributed by atoms with van der Waals surface area (Å²) >= 11 is 0. The summed E-state index contributed by atoms with van der Waals surface area (Å²) in [6.07, 6.45) is 5.10. The molecule has 3 atom stereocenters. The third-order valence-corrected chi connectivity index (χ3v) is 4.26. The Hall–Kier alpha value is -0.900. The van der Waals surface area contributed by atoms with E-state index in [2.05, 4.69) is 32.0 Å². The molecule has 1 aliphatic rings. The minimum Gasteiger partial charge on any atom is -0.381 e. The van der Waals surface area contributed by atoms with Gasteiger partial charge in [-0.15, -0.1) is 0 Å². The first-order valence-corrected chi connectivity index (χ1v) is 7.57. The van der Waals surface area contributed by atoms with E-state index >= 15 is 0 Å². The predicted octanol–water partition coefficient (Wildman–Crippen LogP) is 3.28. The zero-order chi connectivity index (χ0) is 14.5. The van der Waals surface area contributed by atoms with E-state index in [1.165, 1.54) is 23.1 Å². The van der Waals surface area contributed by atoms with Gasteiger partial charge in [0, 0.05) is 7.11 Å². The van der Waals surface area contributed by atoms with E-state index in [-0.39, 0.29) is 6.04 Å². The van der Waals surface area contributed by atoms with E-state index in [1.807, 2.05) is 0 Å². The van der Waals surface area contributed by atoms with Crippen LogP contribution in [-0.2, 0) is 9.47 Å². The van der Waals surface area contributed by atoms with Crippen LogP contribution < -0.4 is 5.73 Å². The molecule has 3 nitrogen and oxygen atoms in total. The number of methoxy groups -OCH3 is 1. The number of hydrogen-bond acceptors (Lipinski definition) is 3. The molecule has 1 saturated carbocycles. The maximum absolute atomic E-state index is 6.29. The van der Waals surface area contributed by atoms with Crippen LogP contribution in [0.25, 0.3) is 0 Å². The van der Waals surface area contributed by atoms with E-state index in [0.29, 0.717) is 18.8 Å². The number of ether oxygens (including phenoxy) is 2. The summed E-state index contributed by atoms with van der Waals surface area (Å²) in [7, 11) is 1.79. The highest BCUT2D eigenvalue weighted by atomic mass is 16.5. The van der Waals surface area contributed by atoms with Crippen molar-refractivity contribution in [2.24, 2.45) is 5.73 Å². The van der Waals surface area contributed by atoms with E-state index in [9.17, 15) is 0 Å². The van der Waals surface area contributed by atoms with Gasteiger partial charge in [-0.25, -0.2) is 0 Å². The lowest BCUT2D eigenvalue weighted by Crippen LogP contribution is -2.30. The van der Waals surface area contributed by atoms with Crippen molar-refractivity contribution in [1.82, 2.24) is 0 Å². The first-order valence-electron chi connectivity index (χ1n) is 7.57. The third kappa shape index (κ3) is 4.05. The van der Waals surface area contributed by atoms with Gasteiger partial charge in [0.2, 0.25) is 0 Å². The average molecular weight is 277 g/mol. The molecule has 1 fully saturated rings. The van der Waals surface area contributed by atoms with Gasteiger partial charge in [0.15, 0.2) is 0 Å². The van der Waals surface area contributed by atoms with E-state index in [1.54, 1.807) is 7.11 Å². The number of rotatable bonds is 5. The fourth-order valence-corrected chi connectivity index (χ4v) is 2.96. The smallest absolute Gasteiger partial charge is 0.0663 e. The Labute approximate surface area is 122 Å². The molecule has 1 aliphatic carbocycles. The molecule has 112 valence electrons. The fraction of sp³-hybridized carbons (Fsp3) is 0.647. The quantitative estimate of drug-likeness (QED) is 0.898. The zero-order valence-corrected chi connectivity index (χ0v) is 12.9. The van der Waals surface area contributed by atoms with Crippen LogP contribution in [0.2, 0.25) is 0 Å². The van der Waals surface area contributed by atoms with Gasteiger partial charge in [-0.3, -0.25) is 0 Å². The van der Waals surface area contributed by atoms with Crippen molar-refractivity contribution in [3.63, 3.8) is 0 Å². The van der Waals surface area contributed by atoms with E-state index in [0.717, 1.165) is 19.3 Å². The van der Waals surface area contributed by atoms with Crippen LogP contribution in [0.15, 0.2) is 18.2 Å². The summed E-state index contributed by atoms with van der Waals surface area (Å²) in [6.45, 7) is 4.79. The summed E-state index contributed by atoms with van der Waals surface area (Å²) < 4.78 is 11.5. The second-order valence-electron chi connectivity index (χ2n) is 5.95. The SMILES string of the molecule is COC1CCCC(OCC(N)c2cc(C)ccc2C)C1. The maximum atomic E-state index is 6.29. The monoisotopic (exact) mass is 277 g/mol. The van der Waals surface area contributed by atoms with Crippen molar-refractivity contribution < 1.29 is 9.47 Å². The Morgan fingerprint density at radius 2 is 2.00 bits per heavy atom. The first-order chi connectivity index (χ1) is 9.60. The van der Waals surface area contributed by atoms with Gasteiger partial charge in [-0.05, 0) is 50.7 Å². The Morgan fingerprint density at radius 1 is 1.25 bits per heavy atom. The standard InChI is InChI=1S/C17H27NO2/c1-12-7-8-13(2)16(9-12)17(18)11-20-15-6-4-5-14(10-15)19-3/h7-9,14-15,17H,4-6,10-11,18H2,1-3H3. The maximum Gasteiger partial charge on any atom is 0.0663 e. The van der Waals surface area contributed by atoms with Crippen LogP contribution in [0.1, 0.15) is 48.4 Å². The highest BCUT2D eigenvalue weighted by molar-refractivity contribution is 5.32. The van der Waals surface area contributed by atoms with Crippen LogP contribution in [0.4, 0.5) is 0 Å². The van der Waals surface area contributed by atoms with Crippen LogP contribution in [0.3, 0.4) is 0 Å². The minimum atomic E-state index is -0.0437. The van der Waals surface area contributed by atoms with Crippen molar-refractivity contribution in [2.45, 2.75) is 57.8 Å².